The van der Waals surface area contributed by atoms with Crippen molar-refractivity contribution in [3.8, 4) is 0 Å². The van der Waals surface area contributed by atoms with Gasteiger partial charge in [-0.25, -0.2) is 9.79 Å². The van der Waals surface area contributed by atoms with Crippen LogP contribution in [0.4, 0.5) is 0 Å². The smallest absolute Gasteiger partial charge is 0.338 e. The van der Waals surface area contributed by atoms with Gasteiger partial charge in [-0.3, -0.25) is 9.36 Å². The fourth-order valence-electron chi connectivity index (χ4n) is 3.56. The van der Waals surface area contributed by atoms with Crippen molar-refractivity contribution in [1.29, 1.82) is 0 Å². The third-order valence-electron chi connectivity index (χ3n) is 4.98. The van der Waals surface area contributed by atoms with Crippen LogP contribution in [-0.2, 0) is 9.53 Å². The summed E-state index contributed by atoms with van der Waals surface area (Å²) in [4.78, 5) is 31.4. The van der Waals surface area contributed by atoms with Gasteiger partial charge in [0.15, 0.2) is 4.80 Å². The Kier molecular flexibility index (Phi) is 6.58. The first-order chi connectivity index (χ1) is 15.3. The fraction of sp³-hybridized carbons (Fsp3) is 0.174. The quantitative estimate of drug-likeness (QED) is 0.479. The molecule has 0 saturated carbocycles. The van der Waals surface area contributed by atoms with Crippen LogP contribution >= 0.6 is 46.1 Å². The van der Waals surface area contributed by atoms with E-state index in [0.717, 1.165) is 0 Å². The van der Waals surface area contributed by atoms with Crippen molar-refractivity contribution in [2.24, 2.45) is 4.99 Å². The predicted octanol–water partition coefficient (Wildman–Crippen LogP) is 4.76. The van der Waals surface area contributed by atoms with Crippen LogP contribution in [0.1, 0.15) is 31.0 Å². The van der Waals surface area contributed by atoms with Crippen molar-refractivity contribution < 1.29 is 9.53 Å². The van der Waals surface area contributed by atoms with Crippen LogP contribution in [0, 0.1) is 0 Å². The van der Waals surface area contributed by atoms with E-state index in [2.05, 4.69) is 4.99 Å². The van der Waals surface area contributed by atoms with Crippen LogP contribution in [-0.4, -0.2) is 17.1 Å². The van der Waals surface area contributed by atoms with E-state index in [1.807, 2.05) is 0 Å². The maximum Gasteiger partial charge on any atom is 0.338 e. The minimum absolute atomic E-state index is 0.197. The molecule has 1 aromatic heterocycles. The lowest BCUT2D eigenvalue weighted by molar-refractivity contribution is -0.139. The molecule has 1 atom stereocenters. The zero-order valence-corrected chi connectivity index (χ0v) is 20.1. The molecular weight excluding hydrogens is 491 g/mol. The average Bonchev–Trinajstić information content (AvgIpc) is 3.06. The van der Waals surface area contributed by atoms with Gasteiger partial charge in [-0.1, -0.05) is 76.5 Å². The highest BCUT2D eigenvalue weighted by atomic mass is 35.5. The number of hydrogen-bond donors (Lipinski definition) is 0. The van der Waals surface area contributed by atoms with Gasteiger partial charge in [-0.2, -0.15) is 0 Å². The first kappa shape index (κ1) is 22.8. The molecule has 2 aromatic carbocycles. The standard InChI is InChI=1S/C23H17Cl3N2O3S/c1-3-31-22(30)18-12(2)27-23-28(20(18)14-8-4-5-9-15(14)24)21(29)17(32-23)11-13-7-6-10-16(25)19(13)26/h4-11,20H,3H2,1-2H3/t20-/m0/s1. The molecule has 5 nitrogen and oxygen atoms in total. The number of carbonyl (C=O) groups is 1. The van der Waals surface area contributed by atoms with Crippen molar-refractivity contribution >= 4 is 58.2 Å². The maximum atomic E-state index is 13.5. The summed E-state index contributed by atoms with van der Waals surface area (Å²) >= 11 is 20.1. The first-order valence-corrected chi connectivity index (χ1v) is 11.7. The summed E-state index contributed by atoms with van der Waals surface area (Å²) in [5.74, 6) is -0.536. The van der Waals surface area contributed by atoms with Gasteiger partial charge in [-0.05, 0) is 43.2 Å². The Morgan fingerprint density at radius 2 is 1.88 bits per heavy atom. The SMILES string of the molecule is CCOC(=O)C1=C(C)N=c2sc(=Cc3cccc(Cl)c3Cl)c(=O)n2[C@H]1c1ccccc1Cl. The Hall–Kier alpha value is -2.38. The van der Waals surface area contributed by atoms with Crippen LogP contribution in [0.2, 0.25) is 15.1 Å². The lowest BCUT2D eigenvalue weighted by Crippen LogP contribution is -2.40. The molecule has 3 aromatic rings. The molecule has 32 heavy (non-hydrogen) atoms. The van der Waals surface area contributed by atoms with Gasteiger partial charge in [0, 0.05) is 5.02 Å². The molecule has 0 aliphatic carbocycles. The van der Waals surface area contributed by atoms with Gasteiger partial charge >= 0.3 is 5.97 Å². The minimum Gasteiger partial charge on any atom is -0.463 e. The molecule has 4 rings (SSSR count). The Morgan fingerprint density at radius 1 is 1.16 bits per heavy atom. The number of benzene rings is 2. The lowest BCUT2D eigenvalue weighted by atomic mass is 9.96. The molecule has 1 aliphatic rings. The Balaban J connectivity index is 2.00. The summed E-state index contributed by atoms with van der Waals surface area (Å²) in [6.45, 7) is 3.64. The van der Waals surface area contributed by atoms with Crippen LogP contribution in [0.5, 0.6) is 0 Å². The zero-order chi connectivity index (χ0) is 23.0. The number of aromatic nitrogens is 1. The third kappa shape index (κ3) is 4.04. The van der Waals surface area contributed by atoms with Crippen LogP contribution in [0.25, 0.3) is 6.08 Å². The van der Waals surface area contributed by atoms with E-state index in [0.29, 0.717) is 41.2 Å². The van der Waals surface area contributed by atoms with E-state index < -0.39 is 12.0 Å². The highest BCUT2D eigenvalue weighted by Crippen LogP contribution is 2.34. The maximum absolute atomic E-state index is 13.5. The van der Waals surface area contributed by atoms with Crippen LogP contribution in [0.15, 0.2) is 63.5 Å². The number of fused-ring (bicyclic) bond motifs is 1. The second-order valence-corrected chi connectivity index (χ2v) is 9.17. The Labute approximate surface area is 202 Å². The molecule has 0 spiro atoms. The molecule has 0 fully saturated rings. The summed E-state index contributed by atoms with van der Waals surface area (Å²) in [6, 6.07) is 11.5. The van der Waals surface area contributed by atoms with Crippen LogP contribution < -0.4 is 14.9 Å². The summed E-state index contributed by atoms with van der Waals surface area (Å²) in [5.41, 5.74) is 1.66. The van der Waals surface area contributed by atoms with Crippen molar-refractivity contribution in [3.63, 3.8) is 0 Å². The van der Waals surface area contributed by atoms with Crippen molar-refractivity contribution in [2.75, 3.05) is 6.61 Å². The van der Waals surface area contributed by atoms with Gasteiger partial charge in [-0.15, -0.1) is 0 Å². The molecular formula is C23H17Cl3N2O3S. The zero-order valence-electron chi connectivity index (χ0n) is 17.1. The molecule has 2 heterocycles. The minimum atomic E-state index is -0.768. The van der Waals surface area contributed by atoms with Crippen molar-refractivity contribution in [2.45, 2.75) is 19.9 Å². The van der Waals surface area contributed by atoms with E-state index >= 15 is 0 Å². The largest absolute Gasteiger partial charge is 0.463 e. The number of rotatable bonds is 4. The monoisotopic (exact) mass is 506 g/mol. The average molecular weight is 508 g/mol. The number of hydrogen-bond acceptors (Lipinski definition) is 5. The van der Waals surface area contributed by atoms with E-state index in [1.54, 1.807) is 62.4 Å². The molecule has 0 amide bonds. The molecule has 0 radical (unpaired) electrons. The summed E-state index contributed by atoms with van der Waals surface area (Å²) in [7, 11) is 0. The lowest BCUT2D eigenvalue weighted by Gasteiger charge is -2.25. The number of esters is 1. The Bertz CT molecular complexity index is 1440. The normalized spacial score (nSPS) is 16.0. The molecule has 0 bridgehead atoms. The molecule has 0 saturated heterocycles. The van der Waals surface area contributed by atoms with E-state index in [4.69, 9.17) is 39.5 Å². The molecule has 9 heteroatoms. The highest BCUT2D eigenvalue weighted by Gasteiger charge is 2.34. The Morgan fingerprint density at radius 3 is 2.59 bits per heavy atom. The van der Waals surface area contributed by atoms with Crippen molar-refractivity contribution in [1.82, 2.24) is 4.57 Å². The predicted molar refractivity (Wildman–Crippen MR) is 128 cm³/mol. The number of nitrogens with zero attached hydrogens (tertiary/aromatic N) is 2. The van der Waals surface area contributed by atoms with Gasteiger partial charge in [0.05, 0.1) is 32.5 Å². The van der Waals surface area contributed by atoms with Gasteiger partial charge in [0.25, 0.3) is 5.56 Å². The molecule has 164 valence electrons. The number of carbonyl (C=O) groups excluding carboxylic acids is 1. The van der Waals surface area contributed by atoms with Gasteiger partial charge < -0.3 is 4.74 Å². The van der Waals surface area contributed by atoms with E-state index in [1.165, 1.54) is 15.9 Å². The summed E-state index contributed by atoms with van der Waals surface area (Å²) < 4.78 is 7.16. The van der Waals surface area contributed by atoms with E-state index in [-0.39, 0.29) is 17.7 Å². The summed E-state index contributed by atoms with van der Waals surface area (Å²) in [5, 5.41) is 1.18. The third-order valence-corrected chi connectivity index (χ3v) is 7.15. The van der Waals surface area contributed by atoms with Crippen molar-refractivity contribution in [3.05, 3.63) is 99.6 Å². The second-order valence-electron chi connectivity index (χ2n) is 6.97. The molecule has 0 N–H and O–H groups in total. The van der Waals surface area contributed by atoms with Gasteiger partial charge in [0.1, 0.15) is 6.04 Å². The number of ether oxygens (including phenoxy) is 1. The number of thiazole rings is 1. The van der Waals surface area contributed by atoms with Gasteiger partial charge in [0.2, 0.25) is 0 Å². The highest BCUT2D eigenvalue weighted by molar-refractivity contribution is 7.07. The molecule has 1 aliphatic heterocycles. The van der Waals surface area contributed by atoms with E-state index in [9.17, 15) is 9.59 Å². The number of allylic oxidation sites excluding steroid dienone is 1. The summed E-state index contributed by atoms with van der Waals surface area (Å²) in [6.07, 6.45) is 1.67. The topological polar surface area (TPSA) is 60.7 Å². The first-order valence-electron chi connectivity index (χ1n) is 9.71. The molecule has 0 unspecified atom stereocenters. The fourth-order valence-corrected chi connectivity index (χ4v) is 5.19. The second kappa shape index (κ2) is 9.24. The van der Waals surface area contributed by atoms with Crippen LogP contribution in [0.3, 0.4) is 0 Å². The number of halogens is 3.